The zero-order chi connectivity index (χ0) is 13.2. The molecule has 0 spiro atoms. The quantitative estimate of drug-likeness (QED) is 0.787. The standard InChI is InChI=1S/C15H16N2OS/c1-10-7-8-13(18-10)12(16-2)9-15-17-11-5-3-4-6-14(11)19-15/h3-8,12,16H,9H2,1-2H3. The van der Waals surface area contributed by atoms with E-state index in [0.29, 0.717) is 0 Å². The number of benzene rings is 1. The van der Waals surface area contributed by atoms with Crippen LogP contribution >= 0.6 is 11.3 Å². The molecule has 0 fully saturated rings. The highest BCUT2D eigenvalue weighted by Crippen LogP contribution is 2.26. The molecule has 3 aromatic rings. The highest BCUT2D eigenvalue weighted by molar-refractivity contribution is 7.18. The van der Waals surface area contributed by atoms with E-state index in [9.17, 15) is 0 Å². The fraction of sp³-hybridized carbons (Fsp3) is 0.267. The van der Waals surface area contributed by atoms with E-state index in [-0.39, 0.29) is 6.04 Å². The molecular weight excluding hydrogens is 256 g/mol. The first kappa shape index (κ1) is 12.4. The normalized spacial score (nSPS) is 12.9. The van der Waals surface area contributed by atoms with Crippen LogP contribution in [0.2, 0.25) is 0 Å². The van der Waals surface area contributed by atoms with Crippen molar-refractivity contribution in [1.82, 2.24) is 10.3 Å². The van der Waals surface area contributed by atoms with E-state index in [0.717, 1.165) is 28.5 Å². The molecule has 2 heterocycles. The van der Waals surface area contributed by atoms with E-state index >= 15 is 0 Å². The Kier molecular flexibility index (Phi) is 3.36. The molecule has 0 amide bonds. The van der Waals surface area contributed by atoms with Crippen LogP contribution in [0.4, 0.5) is 0 Å². The molecule has 2 aromatic heterocycles. The molecule has 1 unspecified atom stereocenters. The van der Waals surface area contributed by atoms with Crippen LogP contribution in [0, 0.1) is 6.92 Å². The molecule has 0 saturated heterocycles. The van der Waals surface area contributed by atoms with Crippen LogP contribution in [0.15, 0.2) is 40.8 Å². The van der Waals surface area contributed by atoms with Crippen LogP contribution in [0.25, 0.3) is 10.2 Å². The third-order valence-corrected chi connectivity index (χ3v) is 4.23. The number of rotatable bonds is 4. The summed E-state index contributed by atoms with van der Waals surface area (Å²) < 4.78 is 6.94. The first-order chi connectivity index (χ1) is 9.26. The Balaban J connectivity index is 1.86. The summed E-state index contributed by atoms with van der Waals surface area (Å²) in [5.74, 6) is 1.92. The number of para-hydroxylation sites is 1. The van der Waals surface area contributed by atoms with Gasteiger partial charge in [-0.05, 0) is 38.2 Å². The first-order valence-corrected chi connectivity index (χ1v) is 7.16. The van der Waals surface area contributed by atoms with Crippen LogP contribution in [-0.4, -0.2) is 12.0 Å². The van der Waals surface area contributed by atoms with Crippen LogP contribution < -0.4 is 5.32 Å². The van der Waals surface area contributed by atoms with Crippen molar-refractivity contribution in [2.45, 2.75) is 19.4 Å². The summed E-state index contributed by atoms with van der Waals surface area (Å²) in [6.07, 6.45) is 0.850. The molecule has 3 nitrogen and oxygen atoms in total. The van der Waals surface area contributed by atoms with Gasteiger partial charge in [0.25, 0.3) is 0 Å². The second kappa shape index (κ2) is 5.15. The van der Waals surface area contributed by atoms with Gasteiger partial charge in [-0.25, -0.2) is 4.98 Å². The van der Waals surface area contributed by atoms with Crippen molar-refractivity contribution in [2.24, 2.45) is 0 Å². The zero-order valence-electron chi connectivity index (χ0n) is 11.0. The average Bonchev–Trinajstić information content (AvgIpc) is 3.01. The van der Waals surface area contributed by atoms with Gasteiger partial charge in [0.2, 0.25) is 0 Å². The Morgan fingerprint density at radius 3 is 2.79 bits per heavy atom. The number of hydrogen-bond acceptors (Lipinski definition) is 4. The van der Waals surface area contributed by atoms with Gasteiger partial charge >= 0.3 is 0 Å². The molecule has 0 aliphatic heterocycles. The lowest BCUT2D eigenvalue weighted by Crippen LogP contribution is -2.18. The largest absolute Gasteiger partial charge is 0.465 e. The van der Waals surface area contributed by atoms with Gasteiger partial charge in [-0.2, -0.15) is 0 Å². The number of aryl methyl sites for hydroxylation is 1. The summed E-state index contributed by atoms with van der Waals surface area (Å²) in [5.41, 5.74) is 1.08. The predicted octanol–water partition coefficient (Wildman–Crippen LogP) is 3.70. The molecule has 4 heteroatoms. The van der Waals surface area contributed by atoms with Gasteiger partial charge < -0.3 is 9.73 Å². The number of nitrogens with zero attached hydrogens (tertiary/aromatic N) is 1. The highest BCUT2D eigenvalue weighted by Gasteiger charge is 2.16. The Bertz CT molecular complexity index is 653. The van der Waals surface area contributed by atoms with E-state index in [1.807, 2.05) is 32.2 Å². The van der Waals surface area contributed by atoms with Crippen LogP contribution in [-0.2, 0) is 6.42 Å². The first-order valence-electron chi connectivity index (χ1n) is 6.34. The van der Waals surface area contributed by atoms with Gasteiger partial charge in [0.05, 0.1) is 21.3 Å². The van der Waals surface area contributed by atoms with E-state index in [1.165, 1.54) is 4.70 Å². The second-order valence-corrected chi connectivity index (χ2v) is 5.68. The monoisotopic (exact) mass is 272 g/mol. The number of thiazole rings is 1. The third-order valence-electron chi connectivity index (χ3n) is 3.17. The summed E-state index contributed by atoms with van der Waals surface area (Å²) in [5, 5.41) is 4.43. The molecule has 0 aliphatic rings. The van der Waals surface area contributed by atoms with Gasteiger partial charge in [-0.1, -0.05) is 12.1 Å². The molecule has 1 atom stereocenters. The van der Waals surface area contributed by atoms with Crippen molar-refractivity contribution in [3.63, 3.8) is 0 Å². The number of nitrogens with one attached hydrogen (secondary N) is 1. The molecule has 0 aliphatic carbocycles. The van der Waals surface area contributed by atoms with Crippen molar-refractivity contribution in [3.8, 4) is 0 Å². The van der Waals surface area contributed by atoms with Crippen LogP contribution in [0.1, 0.15) is 22.6 Å². The molecule has 19 heavy (non-hydrogen) atoms. The SMILES string of the molecule is CNC(Cc1nc2ccccc2s1)c1ccc(C)o1. The third kappa shape index (κ3) is 2.55. The lowest BCUT2D eigenvalue weighted by atomic mass is 10.1. The highest BCUT2D eigenvalue weighted by atomic mass is 32.1. The topological polar surface area (TPSA) is 38.1 Å². The fourth-order valence-corrected chi connectivity index (χ4v) is 3.18. The summed E-state index contributed by atoms with van der Waals surface area (Å²) in [6.45, 7) is 1.97. The number of fused-ring (bicyclic) bond motifs is 1. The van der Waals surface area contributed by atoms with Crippen molar-refractivity contribution in [3.05, 3.63) is 52.9 Å². The minimum absolute atomic E-state index is 0.175. The number of hydrogen-bond donors (Lipinski definition) is 1. The van der Waals surface area contributed by atoms with E-state index in [4.69, 9.17) is 4.42 Å². The van der Waals surface area contributed by atoms with E-state index in [1.54, 1.807) is 11.3 Å². The molecule has 1 N–H and O–H groups in total. The maximum absolute atomic E-state index is 5.70. The summed E-state index contributed by atoms with van der Waals surface area (Å²) in [4.78, 5) is 4.67. The fourth-order valence-electron chi connectivity index (χ4n) is 2.17. The molecule has 98 valence electrons. The zero-order valence-corrected chi connectivity index (χ0v) is 11.8. The molecule has 0 bridgehead atoms. The van der Waals surface area contributed by atoms with Gasteiger partial charge in [0, 0.05) is 6.42 Å². The Morgan fingerprint density at radius 2 is 2.11 bits per heavy atom. The van der Waals surface area contributed by atoms with Gasteiger partial charge in [-0.3, -0.25) is 0 Å². The van der Waals surface area contributed by atoms with E-state index in [2.05, 4.69) is 28.5 Å². The van der Waals surface area contributed by atoms with Crippen LogP contribution in [0.5, 0.6) is 0 Å². The number of likely N-dealkylation sites (N-methyl/N-ethyl adjacent to an activating group) is 1. The van der Waals surface area contributed by atoms with Gasteiger partial charge in [0.1, 0.15) is 11.5 Å². The molecule has 1 aromatic carbocycles. The van der Waals surface area contributed by atoms with Crippen molar-refractivity contribution < 1.29 is 4.42 Å². The maximum Gasteiger partial charge on any atom is 0.121 e. The van der Waals surface area contributed by atoms with Crippen molar-refractivity contribution in [1.29, 1.82) is 0 Å². The lowest BCUT2D eigenvalue weighted by Gasteiger charge is -2.11. The Labute approximate surface area is 116 Å². The summed E-state index contributed by atoms with van der Waals surface area (Å²) >= 11 is 1.75. The maximum atomic E-state index is 5.70. The average molecular weight is 272 g/mol. The summed E-state index contributed by atoms with van der Waals surface area (Å²) in [7, 11) is 1.95. The van der Waals surface area contributed by atoms with E-state index < -0.39 is 0 Å². The minimum Gasteiger partial charge on any atom is -0.465 e. The molecule has 0 saturated carbocycles. The minimum atomic E-state index is 0.175. The Morgan fingerprint density at radius 1 is 1.26 bits per heavy atom. The number of furan rings is 1. The Hall–Kier alpha value is -1.65. The lowest BCUT2D eigenvalue weighted by molar-refractivity contribution is 0.414. The summed E-state index contributed by atoms with van der Waals surface area (Å²) in [6, 6.07) is 12.5. The van der Waals surface area contributed by atoms with Gasteiger partial charge in [-0.15, -0.1) is 11.3 Å². The number of aromatic nitrogens is 1. The van der Waals surface area contributed by atoms with Crippen molar-refractivity contribution in [2.75, 3.05) is 7.05 Å². The van der Waals surface area contributed by atoms with Crippen LogP contribution in [0.3, 0.4) is 0 Å². The molecular formula is C15H16N2OS. The molecule has 0 radical (unpaired) electrons. The predicted molar refractivity (Wildman–Crippen MR) is 78.6 cm³/mol. The van der Waals surface area contributed by atoms with Crippen molar-refractivity contribution >= 4 is 21.6 Å². The second-order valence-electron chi connectivity index (χ2n) is 4.57. The van der Waals surface area contributed by atoms with Gasteiger partial charge in [0.15, 0.2) is 0 Å². The molecule has 3 rings (SSSR count). The smallest absolute Gasteiger partial charge is 0.121 e.